The average molecular weight is 124 g/mol. The van der Waals surface area contributed by atoms with Gasteiger partial charge in [-0.15, -0.1) is 0 Å². The van der Waals surface area contributed by atoms with Crippen molar-refractivity contribution in [1.29, 1.82) is 0 Å². The molecule has 0 spiro atoms. The van der Waals surface area contributed by atoms with E-state index in [-0.39, 0.29) is 0 Å². The molecular formula is C7H12N2. The van der Waals surface area contributed by atoms with Gasteiger partial charge in [-0.2, -0.15) is 0 Å². The number of hydrogen-bond acceptors (Lipinski definition) is 2. The van der Waals surface area contributed by atoms with Crippen LogP contribution < -0.4 is 10.6 Å². The van der Waals surface area contributed by atoms with Gasteiger partial charge in [0.25, 0.3) is 0 Å². The highest BCUT2D eigenvalue weighted by Crippen LogP contribution is 2.02. The normalized spacial score (nSPS) is 18.4. The first kappa shape index (κ1) is 6.20. The van der Waals surface area contributed by atoms with E-state index in [2.05, 4.69) is 23.6 Å². The van der Waals surface area contributed by atoms with Gasteiger partial charge in [0.15, 0.2) is 0 Å². The molecular weight excluding hydrogens is 112 g/mol. The Labute approximate surface area is 55.6 Å². The molecule has 9 heavy (non-hydrogen) atoms. The molecule has 2 nitrogen and oxygen atoms in total. The number of nitrogens with one attached hydrogen (secondary N) is 2. The summed E-state index contributed by atoms with van der Waals surface area (Å²) < 4.78 is 0. The molecule has 0 atom stereocenters. The second-order valence-electron chi connectivity index (χ2n) is 2.07. The zero-order valence-corrected chi connectivity index (χ0v) is 5.86. The predicted octanol–water partition coefficient (Wildman–Crippen LogP) is 0.944. The molecule has 0 unspecified atom stereocenters. The van der Waals surface area contributed by atoms with Gasteiger partial charge in [-0.05, 0) is 19.9 Å². The first-order valence-electron chi connectivity index (χ1n) is 3.16. The lowest BCUT2D eigenvalue weighted by molar-refractivity contribution is 0.804. The summed E-state index contributed by atoms with van der Waals surface area (Å²) in [5, 5.41) is 6.36. The Hall–Kier alpha value is -0.920. The molecule has 0 aliphatic carbocycles. The van der Waals surface area contributed by atoms with Gasteiger partial charge in [0.05, 0.1) is 12.4 Å². The van der Waals surface area contributed by atoms with Gasteiger partial charge in [0, 0.05) is 5.70 Å². The minimum absolute atomic E-state index is 0.867. The Kier molecular flexibility index (Phi) is 1.78. The van der Waals surface area contributed by atoms with Crippen LogP contribution >= 0.6 is 0 Å². The van der Waals surface area contributed by atoms with Crippen molar-refractivity contribution in [2.24, 2.45) is 0 Å². The minimum Gasteiger partial charge on any atom is -0.370 e. The number of rotatable bonds is 1. The van der Waals surface area contributed by atoms with Crippen molar-refractivity contribution >= 4 is 0 Å². The van der Waals surface area contributed by atoms with Gasteiger partial charge in [-0.3, -0.25) is 0 Å². The summed E-state index contributed by atoms with van der Waals surface area (Å²) in [5.41, 5.74) is 2.44. The molecule has 1 aliphatic rings. The van der Waals surface area contributed by atoms with Gasteiger partial charge >= 0.3 is 0 Å². The van der Waals surface area contributed by atoms with Crippen LogP contribution in [0, 0.1) is 0 Å². The van der Waals surface area contributed by atoms with Crippen molar-refractivity contribution in [3.8, 4) is 0 Å². The summed E-state index contributed by atoms with van der Waals surface area (Å²) in [5.74, 6) is 0. The third-order valence-corrected chi connectivity index (χ3v) is 1.37. The zero-order chi connectivity index (χ0) is 6.69. The molecule has 1 heterocycles. The van der Waals surface area contributed by atoms with Crippen molar-refractivity contribution in [3.63, 3.8) is 0 Å². The van der Waals surface area contributed by atoms with Crippen LogP contribution in [0.1, 0.15) is 13.8 Å². The van der Waals surface area contributed by atoms with Crippen LogP contribution in [0.15, 0.2) is 23.5 Å². The molecule has 0 aromatic heterocycles. The highest BCUT2D eigenvalue weighted by atomic mass is 15.1. The second kappa shape index (κ2) is 2.58. The quantitative estimate of drug-likeness (QED) is 0.543. The summed E-state index contributed by atoms with van der Waals surface area (Å²) >= 11 is 0. The predicted molar refractivity (Wildman–Crippen MR) is 38.7 cm³/mol. The fourth-order valence-corrected chi connectivity index (χ4v) is 0.850. The van der Waals surface area contributed by atoms with Crippen LogP contribution in [0.2, 0.25) is 0 Å². The molecule has 2 N–H and O–H groups in total. The van der Waals surface area contributed by atoms with E-state index in [0.717, 1.165) is 6.67 Å². The van der Waals surface area contributed by atoms with Crippen LogP contribution in [0.3, 0.4) is 0 Å². The Bertz CT molecular complexity index is 156. The van der Waals surface area contributed by atoms with E-state index in [1.165, 1.54) is 11.4 Å². The fraction of sp³-hybridized carbons (Fsp3) is 0.429. The first-order chi connectivity index (χ1) is 4.34. The van der Waals surface area contributed by atoms with E-state index in [0.29, 0.717) is 0 Å². The lowest BCUT2D eigenvalue weighted by Gasteiger charge is -1.92. The molecule has 0 bridgehead atoms. The largest absolute Gasteiger partial charge is 0.370 e. The summed E-state index contributed by atoms with van der Waals surface area (Å²) in [6.07, 6.45) is 4.09. The molecule has 0 saturated carbocycles. The van der Waals surface area contributed by atoms with Gasteiger partial charge in [-0.25, -0.2) is 0 Å². The molecule has 0 radical (unpaired) electrons. The van der Waals surface area contributed by atoms with E-state index in [1.807, 2.05) is 13.0 Å². The van der Waals surface area contributed by atoms with Gasteiger partial charge < -0.3 is 10.6 Å². The lowest BCUT2D eigenvalue weighted by Crippen LogP contribution is -2.14. The number of allylic oxidation sites excluding steroid dienone is 3. The maximum Gasteiger partial charge on any atom is 0.0848 e. The second-order valence-corrected chi connectivity index (χ2v) is 2.07. The van der Waals surface area contributed by atoms with Gasteiger partial charge in [-0.1, -0.05) is 6.08 Å². The molecule has 1 rings (SSSR count). The molecule has 0 aromatic rings. The molecule has 2 heteroatoms. The number of hydrogen-bond donors (Lipinski definition) is 2. The topological polar surface area (TPSA) is 24.1 Å². The van der Waals surface area contributed by atoms with Crippen LogP contribution in [-0.4, -0.2) is 6.67 Å². The Morgan fingerprint density at radius 2 is 2.22 bits per heavy atom. The Balaban J connectivity index is 2.66. The molecule has 0 fully saturated rings. The molecule has 1 aliphatic heterocycles. The maximum atomic E-state index is 3.19. The summed E-state index contributed by atoms with van der Waals surface area (Å²) in [6.45, 7) is 4.95. The molecule has 0 amide bonds. The van der Waals surface area contributed by atoms with E-state index in [1.54, 1.807) is 0 Å². The van der Waals surface area contributed by atoms with Crippen LogP contribution in [0.4, 0.5) is 0 Å². The average Bonchev–Trinajstić information content (AvgIpc) is 2.18. The summed E-state index contributed by atoms with van der Waals surface area (Å²) in [6, 6.07) is 0. The van der Waals surface area contributed by atoms with E-state index in [9.17, 15) is 0 Å². The van der Waals surface area contributed by atoms with Crippen LogP contribution in [0.25, 0.3) is 0 Å². The highest BCUT2D eigenvalue weighted by molar-refractivity contribution is 5.24. The highest BCUT2D eigenvalue weighted by Gasteiger charge is 2.02. The van der Waals surface area contributed by atoms with Gasteiger partial charge in [0.1, 0.15) is 0 Å². The fourth-order valence-electron chi connectivity index (χ4n) is 0.850. The first-order valence-corrected chi connectivity index (χ1v) is 3.16. The van der Waals surface area contributed by atoms with Crippen molar-refractivity contribution in [2.75, 3.05) is 6.67 Å². The lowest BCUT2D eigenvalue weighted by atomic mass is 10.3. The zero-order valence-electron chi connectivity index (χ0n) is 5.86. The molecule has 50 valence electrons. The van der Waals surface area contributed by atoms with Crippen molar-refractivity contribution < 1.29 is 0 Å². The maximum absolute atomic E-state index is 3.19. The smallest absolute Gasteiger partial charge is 0.0848 e. The third-order valence-electron chi connectivity index (χ3n) is 1.37. The van der Waals surface area contributed by atoms with E-state index >= 15 is 0 Å². The Morgan fingerprint density at radius 1 is 1.44 bits per heavy atom. The summed E-state index contributed by atoms with van der Waals surface area (Å²) in [7, 11) is 0. The third kappa shape index (κ3) is 1.25. The molecule has 0 aromatic carbocycles. The van der Waals surface area contributed by atoms with Crippen molar-refractivity contribution in [3.05, 3.63) is 23.5 Å². The van der Waals surface area contributed by atoms with Crippen LogP contribution in [-0.2, 0) is 0 Å². The van der Waals surface area contributed by atoms with Crippen LogP contribution in [0.5, 0.6) is 0 Å². The monoisotopic (exact) mass is 124 g/mol. The molecule has 0 saturated heterocycles. The van der Waals surface area contributed by atoms with Gasteiger partial charge in [0.2, 0.25) is 0 Å². The summed E-state index contributed by atoms with van der Waals surface area (Å²) in [4.78, 5) is 0. The Morgan fingerprint density at radius 3 is 2.67 bits per heavy atom. The van der Waals surface area contributed by atoms with E-state index in [4.69, 9.17) is 0 Å². The standard InChI is InChI=1S/C7H12N2/c1-3-4-7-6(2)8-5-9-7/h3-4,8-9H,5H2,1-2H3/b4-3-. The van der Waals surface area contributed by atoms with E-state index < -0.39 is 0 Å². The van der Waals surface area contributed by atoms with Crippen molar-refractivity contribution in [2.45, 2.75) is 13.8 Å². The minimum atomic E-state index is 0.867. The SMILES string of the molecule is C/C=C\C1=C(C)NCN1. The van der Waals surface area contributed by atoms with Crippen molar-refractivity contribution in [1.82, 2.24) is 10.6 Å².